The summed E-state index contributed by atoms with van der Waals surface area (Å²) in [6.07, 6.45) is 13.5. The van der Waals surface area contributed by atoms with Crippen molar-refractivity contribution >= 4 is 10.1 Å². The number of ether oxygens (including phenoxy) is 1. The average molecular weight is 370 g/mol. The maximum Gasteiger partial charge on any atom is 0.119 e. The minimum Gasteiger partial charge on any atom is -0.748 e. The van der Waals surface area contributed by atoms with Crippen LogP contribution in [0.5, 0.6) is 5.75 Å². The van der Waals surface area contributed by atoms with Crippen molar-refractivity contribution in [2.24, 2.45) is 0 Å². The van der Waals surface area contributed by atoms with Crippen LogP contribution in [0.3, 0.4) is 0 Å². The molecular weight excluding hydrogens is 336 g/mol. The van der Waals surface area contributed by atoms with Crippen molar-refractivity contribution < 1.29 is 17.7 Å². The average Bonchev–Trinajstić information content (AvgIpc) is 2.58. The fourth-order valence-electron chi connectivity index (χ4n) is 2.86. The molecule has 0 unspecified atom stereocenters. The Bertz CT molecular complexity index is 514. The number of hydrogen-bond acceptors (Lipinski definition) is 4. The summed E-state index contributed by atoms with van der Waals surface area (Å²) in [6, 6.07) is 9.96. The van der Waals surface area contributed by atoms with E-state index in [1.165, 1.54) is 44.9 Å². The third kappa shape index (κ3) is 14.9. The van der Waals surface area contributed by atoms with Gasteiger partial charge in [0.2, 0.25) is 0 Å². The van der Waals surface area contributed by atoms with Crippen LogP contribution in [-0.4, -0.2) is 25.3 Å². The van der Waals surface area contributed by atoms with Gasteiger partial charge in [0, 0.05) is 5.75 Å². The van der Waals surface area contributed by atoms with Crippen LogP contribution in [0.25, 0.3) is 0 Å². The Morgan fingerprint density at radius 1 is 0.680 bits per heavy atom. The highest BCUT2D eigenvalue weighted by Crippen LogP contribution is 2.13. The normalized spacial score (nSPS) is 11.6. The topological polar surface area (TPSA) is 66.4 Å². The van der Waals surface area contributed by atoms with Crippen LogP contribution in [0.2, 0.25) is 0 Å². The van der Waals surface area contributed by atoms with Crippen molar-refractivity contribution in [1.29, 1.82) is 0 Å². The zero-order chi connectivity index (χ0) is 18.2. The third-order valence-corrected chi connectivity index (χ3v) is 5.09. The summed E-state index contributed by atoms with van der Waals surface area (Å²) in [5, 5.41) is 0. The Morgan fingerprint density at radius 2 is 1.12 bits per heavy atom. The second-order valence-corrected chi connectivity index (χ2v) is 8.19. The van der Waals surface area contributed by atoms with E-state index in [4.69, 9.17) is 4.74 Å². The number of unbranched alkanes of at least 4 members (excludes halogenated alkanes) is 11. The molecule has 0 saturated heterocycles. The largest absolute Gasteiger partial charge is 0.748 e. The SMILES string of the molecule is O=S(=O)([O-])CCCCCCCCCCCCCCOc1ccccc1. The lowest BCUT2D eigenvalue weighted by Crippen LogP contribution is -2.03. The van der Waals surface area contributed by atoms with E-state index in [1.54, 1.807) is 0 Å². The van der Waals surface area contributed by atoms with Gasteiger partial charge in [-0.05, 0) is 25.0 Å². The molecule has 0 N–H and O–H groups in total. The van der Waals surface area contributed by atoms with Crippen LogP contribution in [0.15, 0.2) is 30.3 Å². The number of benzene rings is 1. The minimum atomic E-state index is -4.01. The molecule has 1 aromatic rings. The molecule has 1 rings (SSSR count). The second kappa shape index (κ2) is 14.1. The first-order chi connectivity index (χ1) is 12.1. The highest BCUT2D eigenvalue weighted by Gasteiger charge is 1.97. The lowest BCUT2D eigenvalue weighted by Gasteiger charge is -2.06. The molecule has 0 amide bonds. The fourth-order valence-corrected chi connectivity index (χ4v) is 3.41. The molecule has 0 spiro atoms. The van der Waals surface area contributed by atoms with E-state index in [2.05, 4.69) is 0 Å². The maximum atomic E-state index is 10.5. The van der Waals surface area contributed by atoms with E-state index in [9.17, 15) is 13.0 Å². The van der Waals surface area contributed by atoms with Gasteiger partial charge in [-0.3, -0.25) is 0 Å². The van der Waals surface area contributed by atoms with E-state index in [-0.39, 0.29) is 5.75 Å². The van der Waals surface area contributed by atoms with Crippen molar-refractivity contribution in [2.45, 2.75) is 77.0 Å². The molecule has 0 aliphatic heterocycles. The van der Waals surface area contributed by atoms with Gasteiger partial charge in [-0.25, -0.2) is 8.42 Å². The minimum absolute atomic E-state index is 0.205. The fraction of sp³-hybridized carbons (Fsp3) is 0.700. The predicted octanol–water partition coefficient (Wildman–Crippen LogP) is 5.29. The van der Waals surface area contributed by atoms with Crippen molar-refractivity contribution in [1.82, 2.24) is 0 Å². The van der Waals surface area contributed by atoms with E-state index in [1.807, 2.05) is 30.3 Å². The smallest absolute Gasteiger partial charge is 0.119 e. The lowest BCUT2D eigenvalue weighted by molar-refractivity contribution is 0.304. The Hall–Kier alpha value is -1.07. The first kappa shape index (κ1) is 22.0. The molecule has 0 fully saturated rings. The summed E-state index contributed by atoms with van der Waals surface area (Å²) in [4.78, 5) is 0. The van der Waals surface area contributed by atoms with Crippen molar-refractivity contribution in [2.75, 3.05) is 12.4 Å². The summed E-state index contributed by atoms with van der Waals surface area (Å²) in [7, 11) is -4.01. The highest BCUT2D eigenvalue weighted by molar-refractivity contribution is 7.85. The first-order valence-electron chi connectivity index (χ1n) is 9.69. The molecule has 0 aromatic heterocycles. The van der Waals surface area contributed by atoms with Gasteiger partial charge in [0.1, 0.15) is 5.75 Å². The summed E-state index contributed by atoms with van der Waals surface area (Å²) in [5.74, 6) is 0.751. The molecular formula is C20H33O4S-. The molecule has 0 radical (unpaired) electrons. The molecule has 0 atom stereocenters. The molecule has 0 saturated carbocycles. The van der Waals surface area contributed by atoms with Gasteiger partial charge in [-0.1, -0.05) is 82.4 Å². The zero-order valence-corrected chi connectivity index (χ0v) is 16.1. The van der Waals surface area contributed by atoms with Gasteiger partial charge >= 0.3 is 0 Å². The number of rotatable bonds is 16. The first-order valence-corrected chi connectivity index (χ1v) is 11.3. The van der Waals surface area contributed by atoms with Crippen LogP contribution >= 0.6 is 0 Å². The van der Waals surface area contributed by atoms with Gasteiger partial charge in [0.25, 0.3) is 0 Å². The van der Waals surface area contributed by atoms with Crippen LogP contribution < -0.4 is 4.74 Å². The van der Waals surface area contributed by atoms with Gasteiger partial charge in [0.15, 0.2) is 0 Å². The Kier molecular flexibility index (Phi) is 12.4. The number of para-hydroxylation sites is 1. The molecule has 5 heteroatoms. The molecule has 0 aliphatic carbocycles. The quantitative estimate of drug-likeness (QED) is 0.293. The van der Waals surface area contributed by atoms with Gasteiger partial charge in [-0.2, -0.15) is 0 Å². The predicted molar refractivity (Wildman–Crippen MR) is 102 cm³/mol. The monoisotopic (exact) mass is 369 g/mol. The zero-order valence-electron chi connectivity index (χ0n) is 15.3. The Labute approximate surface area is 153 Å². The van der Waals surface area contributed by atoms with E-state index in [0.29, 0.717) is 6.42 Å². The molecule has 25 heavy (non-hydrogen) atoms. The summed E-state index contributed by atoms with van der Waals surface area (Å²) in [5.41, 5.74) is 0. The van der Waals surface area contributed by atoms with Crippen molar-refractivity contribution in [3.63, 3.8) is 0 Å². The van der Waals surface area contributed by atoms with E-state index < -0.39 is 10.1 Å². The molecule has 0 heterocycles. The molecule has 144 valence electrons. The van der Waals surface area contributed by atoms with Gasteiger partial charge in [-0.15, -0.1) is 0 Å². The number of hydrogen-bond donors (Lipinski definition) is 0. The highest BCUT2D eigenvalue weighted by atomic mass is 32.2. The second-order valence-electron chi connectivity index (χ2n) is 6.67. The van der Waals surface area contributed by atoms with Gasteiger partial charge < -0.3 is 9.29 Å². The third-order valence-electron chi connectivity index (χ3n) is 4.30. The van der Waals surface area contributed by atoms with Crippen LogP contribution in [-0.2, 0) is 10.1 Å². The molecule has 4 nitrogen and oxygen atoms in total. The van der Waals surface area contributed by atoms with Crippen LogP contribution in [0.4, 0.5) is 0 Å². The molecule has 0 aliphatic rings. The van der Waals surface area contributed by atoms with Crippen LogP contribution in [0.1, 0.15) is 77.0 Å². The Morgan fingerprint density at radius 3 is 1.60 bits per heavy atom. The van der Waals surface area contributed by atoms with Gasteiger partial charge in [0.05, 0.1) is 16.7 Å². The summed E-state index contributed by atoms with van der Waals surface area (Å²) >= 11 is 0. The van der Waals surface area contributed by atoms with Crippen molar-refractivity contribution in [3.8, 4) is 5.75 Å². The van der Waals surface area contributed by atoms with Crippen LogP contribution in [0, 0.1) is 0 Å². The maximum absolute atomic E-state index is 10.5. The molecule has 0 bridgehead atoms. The summed E-state index contributed by atoms with van der Waals surface area (Å²) in [6.45, 7) is 0.803. The molecule has 1 aromatic carbocycles. The Balaban J connectivity index is 1.75. The lowest BCUT2D eigenvalue weighted by atomic mass is 10.1. The van der Waals surface area contributed by atoms with Crippen molar-refractivity contribution in [3.05, 3.63) is 30.3 Å². The van der Waals surface area contributed by atoms with E-state index >= 15 is 0 Å². The summed E-state index contributed by atoms with van der Waals surface area (Å²) < 4.78 is 37.0. The van der Waals surface area contributed by atoms with E-state index in [0.717, 1.165) is 38.0 Å². The standard InChI is InChI=1S/C20H34O4S/c21-25(22,23)19-15-10-8-6-4-2-1-3-5-7-9-14-18-24-20-16-12-11-13-17-20/h11-13,16-17H,1-10,14-15,18-19H2,(H,21,22,23)/p-1.